The molecule has 0 heterocycles. The number of aliphatic hydroxyl groups is 2. The van der Waals surface area contributed by atoms with Gasteiger partial charge >= 0.3 is 0 Å². The molecule has 0 aliphatic carbocycles. The predicted molar refractivity (Wildman–Crippen MR) is 27.1 cm³/mol. The fourth-order valence-corrected chi connectivity index (χ4v) is 0.262. The fraction of sp³-hybridized carbons (Fsp3) is 0.400. The van der Waals surface area contributed by atoms with E-state index in [1.165, 1.54) is 13.8 Å². The summed E-state index contributed by atoms with van der Waals surface area (Å²) in [5.41, 5.74) is 2.25. The van der Waals surface area contributed by atoms with Crippen molar-refractivity contribution < 1.29 is 10.2 Å². The Bertz CT molecular complexity index is 98.0. The minimum Gasteiger partial charge on any atom is -0.505 e. The molecule has 0 rings (SSSR count). The van der Waals surface area contributed by atoms with E-state index in [1.807, 2.05) is 0 Å². The lowest BCUT2D eigenvalue weighted by Gasteiger charge is -1.78. The second-order valence-electron chi connectivity index (χ2n) is 1.30. The number of hydrogen-bond donors (Lipinski definition) is 2. The molecule has 2 nitrogen and oxygen atoms in total. The zero-order valence-corrected chi connectivity index (χ0v) is 4.39. The second kappa shape index (κ2) is 2.32. The molecule has 0 bridgehead atoms. The van der Waals surface area contributed by atoms with Crippen LogP contribution in [0.5, 0.6) is 0 Å². The first-order valence-electron chi connectivity index (χ1n) is 1.95. The van der Waals surface area contributed by atoms with E-state index in [1.54, 1.807) is 0 Å². The monoisotopic (exact) mass is 100 g/mol. The van der Waals surface area contributed by atoms with Gasteiger partial charge in [-0.25, -0.2) is 0 Å². The van der Waals surface area contributed by atoms with E-state index < -0.39 is 0 Å². The topological polar surface area (TPSA) is 40.5 Å². The van der Waals surface area contributed by atoms with Crippen molar-refractivity contribution in [3.63, 3.8) is 0 Å². The molecule has 0 aliphatic heterocycles. The third-order valence-corrected chi connectivity index (χ3v) is 0.362. The molecule has 2 N–H and O–H groups in total. The van der Waals surface area contributed by atoms with Gasteiger partial charge in [0.15, 0.2) is 0 Å². The third kappa shape index (κ3) is 5.12. The summed E-state index contributed by atoms with van der Waals surface area (Å²) in [6, 6.07) is 0. The van der Waals surface area contributed by atoms with Gasteiger partial charge in [-0.2, -0.15) is 0 Å². The Kier molecular flexibility index (Phi) is 2.03. The van der Waals surface area contributed by atoms with Crippen LogP contribution in [0.25, 0.3) is 0 Å². The lowest BCUT2D eigenvalue weighted by Crippen LogP contribution is -1.67. The van der Waals surface area contributed by atoms with E-state index in [4.69, 9.17) is 10.2 Å². The molecular formula is C5H8O2. The van der Waals surface area contributed by atoms with Crippen molar-refractivity contribution in [2.75, 3.05) is 0 Å². The fourth-order valence-electron chi connectivity index (χ4n) is 0.262. The Morgan fingerprint density at radius 1 is 1.14 bits per heavy atom. The summed E-state index contributed by atoms with van der Waals surface area (Å²) >= 11 is 0. The summed E-state index contributed by atoms with van der Waals surface area (Å²) < 4.78 is 0. The molecule has 40 valence electrons. The molecule has 0 atom stereocenters. The van der Waals surface area contributed by atoms with Crippen LogP contribution in [-0.2, 0) is 0 Å². The van der Waals surface area contributed by atoms with Crippen LogP contribution < -0.4 is 0 Å². The molecule has 0 aromatic rings. The lowest BCUT2D eigenvalue weighted by molar-refractivity contribution is 0.395. The standard InChI is InChI=1S/C5H8O2/c1-4(6)3-5(2)7/h6-7H,1-2H3. The third-order valence-electron chi connectivity index (χ3n) is 0.362. The van der Waals surface area contributed by atoms with Crippen molar-refractivity contribution in [1.82, 2.24) is 0 Å². The van der Waals surface area contributed by atoms with Gasteiger partial charge in [0.05, 0.1) is 0 Å². The van der Waals surface area contributed by atoms with Gasteiger partial charge < -0.3 is 10.2 Å². The van der Waals surface area contributed by atoms with E-state index in [9.17, 15) is 0 Å². The second-order valence-corrected chi connectivity index (χ2v) is 1.30. The molecule has 7 heavy (non-hydrogen) atoms. The van der Waals surface area contributed by atoms with Crippen molar-refractivity contribution >= 4 is 0 Å². The average Bonchev–Trinajstić information content (AvgIpc) is 1.27. The van der Waals surface area contributed by atoms with Crippen LogP contribution in [0, 0.1) is 0 Å². The van der Waals surface area contributed by atoms with Crippen LogP contribution in [0.1, 0.15) is 13.8 Å². The molecule has 0 aliphatic rings. The first kappa shape index (κ1) is 6.12. The first-order valence-corrected chi connectivity index (χ1v) is 1.95. The van der Waals surface area contributed by atoms with Gasteiger partial charge in [-0.15, -0.1) is 0 Å². The maximum Gasteiger partial charge on any atom is 0.135 e. The Balaban J connectivity index is 4.13. The summed E-state index contributed by atoms with van der Waals surface area (Å²) in [4.78, 5) is 0. The van der Waals surface area contributed by atoms with Gasteiger partial charge in [-0.05, 0) is 5.73 Å². The highest BCUT2D eigenvalue weighted by Crippen LogP contribution is 1.83. The SMILES string of the molecule is CC(O)=C=C(C)O. The van der Waals surface area contributed by atoms with E-state index in [-0.39, 0.29) is 11.5 Å². The van der Waals surface area contributed by atoms with Crippen LogP contribution in [0.2, 0.25) is 0 Å². The van der Waals surface area contributed by atoms with Crippen molar-refractivity contribution in [3.05, 3.63) is 17.2 Å². The highest BCUT2D eigenvalue weighted by atomic mass is 16.3. The largest absolute Gasteiger partial charge is 0.505 e. The quantitative estimate of drug-likeness (QED) is 0.358. The normalized spacial score (nSPS) is 7.14. The van der Waals surface area contributed by atoms with E-state index in [2.05, 4.69) is 5.73 Å². The number of rotatable bonds is 0. The highest BCUT2D eigenvalue weighted by molar-refractivity contribution is 4.90. The summed E-state index contributed by atoms with van der Waals surface area (Å²) in [6.45, 7) is 2.89. The molecule has 0 spiro atoms. The van der Waals surface area contributed by atoms with Crippen LogP contribution in [0.15, 0.2) is 17.2 Å². The molecule has 0 unspecified atom stereocenters. The van der Waals surface area contributed by atoms with Crippen molar-refractivity contribution in [1.29, 1.82) is 0 Å². The first-order chi connectivity index (χ1) is 3.13. The molecule has 0 aromatic heterocycles. The maximum absolute atomic E-state index is 8.35. The van der Waals surface area contributed by atoms with Crippen molar-refractivity contribution in [3.8, 4) is 0 Å². The summed E-state index contributed by atoms with van der Waals surface area (Å²) in [7, 11) is 0. The van der Waals surface area contributed by atoms with Crippen molar-refractivity contribution in [2.24, 2.45) is 0 Å². The minimum atomic E-state index is 0.000000000000000222. The minimum absolute atomic E-state index is 0.000000000000000222. The zero-order chi connectivity index (χ0) is 5.86. The zero-order valence-electron chi connectivity index (χ0n) is 4.39. The van der Waals surface area contributed by atoms with E-state index >= 15 is 0 Å². The summed E-state index contributed by atoms with van der Waals surface area (Å²) in [6.07, 6.45) is 0. The van der Waals surface area contributed by atoms with Gasteiger partial charge in [-0.1, -0.05) is 0 Å². The Morgan fingerprint density at radius 2 is 1.43 bits per heavy atom. The van der Waals surface area contributed by atoms with Crippen LogP contribution in [0.4, 0.5) is 0 Å². The molecular weight excluding hydrogens is 92.1 g/mol. The number of aliphatic hydroxyl groups excluding tert-OH is 2. The Hall–Kier alpha value is -0.880. The number of hydrogen-bond acceptors (Lipinski definition) is 2. The highest BCUT2D eigenvalue weighted by Gasteiger charge is 1.73. The Labute approximate surface area is 42.4 Å². The Morgan fingerprint density at radius 3 is 1.43 bits per heavy atom. The average molecular weight is 100 g/mol. The van der Waals surface area contributed by atoms with Crippen LogP contribution in [0.3, 0.4) is 0 Å². The smallest absolute Gasteiger partial charge is 0.135 e. The van der Waals surface area contributed by atoms with Crippen LogP contribution >= 0.6 is 0 Å². The van der Waals surface area contributed by atoms with Gasteiger partial charge in [0.1, 0.15) is 11.5 Å². The molecule has 0 saturated carbocycles. The van der Waals surface area contributed by atoms with Gasteiger partial charge in [0, 0.05) is 13.8 Å². The van der Waals surface area contributed by atoms with Gasteiger partial charge in [0.25, 0.3) is 0 Å². The van der Waals surface area contributed by atoms with Crippen molar-refractivity contribution in [2.45, 2.75) is 13.8 Å². The van der Waals surface area contributed by atoms with E-state index in [0.29, 0.717) is 0 Å². The predicted octanol–water partition coefficient (Wildman–Crippen LogP) is 1.51. The molecule has 2 heteroatoms. The molecule has 0 radical (unpaired) electrons. The van der Waals surface area contributed by atoms with E-state index in [0.717, 1.165) is 0 Å². The summed E-state index contributed by atoms with van der Waals surface area (Å²) in [5.74, 6) is 0.000000000000000666. The van der Waals surface area contributed by atoms with Gasteiger partial charge in [-0.3, -0.25) is 0 Å². The molecule has 0 saturated heterocycles. The lowest BCUT2D eigenvalue weighted by atomic mass is 10.5. The molecule has 0 amide bonds. The molecule has 0 fully saturated rings. The summed E-state index contributed by atoms with van der Waals surface area (Å²) in [5, 5.41) is 16.7. The number of allylic oxidation sites excluding steroid dienone is 1. The molecule has 0 aromatic carbocycles. The maximum atomic E-state index is 8.35. The van der Waals surface area contributed by atoms with Gasteiger partial charge in [0.2, 0.25) is 0 Å². The van der Waals surface area contributed by atoms with Crippen LogP contribution in [-0.4, -0.2) is 10.2 Å².